The molecule has 0 bridgehead atoms. The first-order valence-corrected chi connectivity index (χ1v) is 8.19. The molecule has 1 aromatic rings. The van der Waals surface area contributed by atoms with E-state index >= 15 is 0 Å². The molecule has 1 rings (SSSR count). The van der Waals surface area contributed by atoms with E-state index in [1.54, 1.807) is 0 Å². The van der Waals surface area contributed by atoms with E-state index in [2.05, 4.69) is 74.1 Å². The highest BCUT2D eigenvalue weighted by Crippen LogP contribution is 2.31. The summed E-state index contributed by atoms with van der Waals surface area (Å²) in [5.74, 6) is 0. The molecule has 1 N–H and O–H groups in total. The van der Waals surface area contributed by atoms with Crippen LogP contribution in [0.5, 0.6) is 0 Å². The summed E-state index contributed by atoms with van der Waals surface area (Å²) < 4.78 is 1.16. The van der Waals surface area contributed by atoms with E-state index in [-0.39, 0.29) is 5.54 Å². The number of hydrogen-bond donors (Lipinski definition) is 1. The number of benzene rings is 1. The Labute approximate surface area is 124 Å². The van der Waals surface area contributed by atoms with Crippen LogP contribution in [0.2, 0.25) is 0 Å². The van der Waals surface area contributed by atoms with Gasteiger partial charge in [-0.15, -0.1) is 11.8 Å². The third-order valence-corrected chi connectivity index (χ3v) is 4.60. The van der Waals surface area contributed by atoms with E-state index in [4.69, 9.17) is 0 Å². The van der Waals surface area contributed by atoms with Gasteiger partial charge >= 0.3 is 0 Å². The molecule has 1 unspecified atom stereocenters. The van der Waals surface area contributed by atoms with Crippen molar-refractivity contribution < 1.29 is 0 Å². The van der Waals surface area contributed by atoms with Crippen LogP contribution in [0.3, 0.4) is 0 Å². The Morgan fingerprint density at radius 3 is 2.56 bits per heavy atom. The monoisotopic (exact) mass is 329 g/mol. The minimum atomic E-state index is 0.158. The summed E-state index contributed by atoms with van der Waals surface area (Å²) in [6, 6.07) is 6.57. The number of rotatable bonds is 5. The van der Waals surface area contributed by atoms with Crippen molar-refractivity contribution in [3.05, 3.63) is 28.2 Å². The lowest BCUT2D eigenvalue weighted by atomic mass is 10.1. The normalized spacial score (nSPS) is 13.7. The molecule has 0 aliphatic rings. The Balaban J connectivity index is 2.82. The summed E-state index contributed by atoms with van der Waals surface area (Å²) in [5.41, 5.74) is 1.55. The van der Waals surface area contributed by atoms with Crippen LogP contribution in [-0.2, 0) is 6.54 Å². The smallest absolute Gasteiger partial charge is 0.0221 e. The topological polar surface area (TPSA) is 12.0 Å². The second-order valence-corrected chi connectivity index (χ2v) is 8.09. The van der Waals surface area contributed by atoms with Gasteiger partial charge in [-0.2, -0.15) is 0 Å². The zero-order valence-electron chi connectivity index (χ0n) is 12.0. The molecule has 0 fully saturated rings. The van der Waals surface area contributed by atoms with Crippen molar-refractivity contribution in [3.8, 4) is 0 Å². The van der Waals surface area contributed by atoms with Crippen LogP contribution >= 0.6 is 27.7 Å². The molecular weight excluding hydrogens is 306 g/mol. The molecule has 3 heteroatoms. The number of halogens is 1. The molecular formula is C15H24BrNS. The molecule has 0 aromatic heterocycles. The van der Waals surface area contributed by atoms with Gasteiger partial charge in [-0.1, -0.05) is 35.8 Å². The SMILES string of the molecule is CCC(C)Sc1cc(Br)ccc1CNC(C)(C)C. The van der Waals surface area contributed by atoms with Crippen molar-refractivity contribution in [2.45, 2.75) is 63.3 Å². The van der Waals surface area contributed by atoms with Crippen LogP contribution in [0.15, 0.2) is 27.6 Å². The Morgan fingerprint density at radius 1 is 1.33 bits per heavy atom. The van der Waals surface area contributed by atoms with Gasteiger partial charge in [0.1, 0.15) is 0 Å². The lowest BCUT2D eigenvalue weighted by Crippen LogP contribution is -2.35. The molecule has 1 nitrogen and oxygen atoms in total. The maximum Gasteiger partial charge on any atom is 0.0221 e. The summed E-state index contributed by atoms with van der Waals surface area (Å²) in [7, 11) is 0. The summed E-state index contributed by atoms with van der Waals surface area (Å²) in [6.07, 6.45) is 1.20. The van der Waals surface area contributed by atoms with Crippen molar-refractivity contribution in [1.29, 1.82) is 0 Å². The maximum atomic E-state index is 3.57. The second-order valence-electron chi connectivity index (χ2n) is 5.69. The summed E-state index contributed by atoms with van der Waals surface area (Å²) >= 11 is 5.53. The van der Waals surface area contributed by atoms with Crippen LogP contribution < -0.4 is 5.32 Å². The van der Waals surface area contributed by atoms with Gasteiger partial charge in [-0.3, -0.25) is 0 Å². The molecule has 0 saturated carbocycles. The number of nitrogens with one attached hydrogen (secondary N) is 1. The Bertz CT molecular complexity index is 385. The molecule has 0 radical (unpaired) electrons. The zero-order chi connectivity index (χ0) is 13.8. The van der Waals surface area contributed by atoms with Gasteiger partial charge in [0.15, 0.2) is 0 Å². The molecule has 18 heavy (non-hydrogen) atoms. The molecule has 102 valence electrons. The molecule has 0 aliphatic heterocycles. The van der Waals surface area contributed by atoms with E-state index in [0.717, 1.165) is 11.0 Å². The van der Waals surface area contributed by atoms with Crippen molar-refractivity contribution in [2.75, 3.05) is 0 Å². The van der Waals surface area contributed by atoms with Gasteiger partial charge in [0.25, 0.3) is 0 Å². The van der Waals surface area contributed by atoms with Gasteiger partial charge in [0, 0.05) is 26.7 Å². The number of hydrogen-bond acceptors (Lipinski definition) is 2. The van der Waals surface area contributed by atoms with Gasteiger partial charge in [-0.05, 0) is 44.9 Å². The fourth-order valence-electron chi connectivity index (χ4n) is 1.44. The quantitative estimate of drug-likeness (QED) is 0.742. The predicted molar refractivity (Wildman–Crippen MR) is 86.3 cm³/mol. The standard InChI is InChI=1S/C15H24BrNS/c1-6-11(2)18-14-9-13(16)8-7-12(14)10-17-15(3,4)5/h7-9,11,17H,6,10H2,1-5H3. The van der Waals surface area contributed by atoms with Crippen LogP contribution in [0.4, 0.5) is 0 Å². The third-order valence-electron chi connectivity index (χ3n) is 2.74. The second kappa shape index (κ2) is 6.97. The van der Waals surface area contributed by atoms with Crippen LogP contribution in [0.25, 0.3) is 0 Å². The Morgan fingerprint density at radius 2 is 2.00 bits per heavy atom. The van der Waals surface area contributed by atoms with E-state index in [0.29, 0.717) is 5.25 Å². The van der Waals surface area contributed by atoms with E-state index in [1.165, 1.54) is 16.9 Å². The molecule has 0 aliphatic carbocycles. The van der Waals surface area contributed by atoms with E-state index in [9.17, 15) is 0 Å². The number of thioether (sulfide) groups is 1. The first kappa shape index (κ1) is 16.1. The van der Waals surface area contributed by atoms with Crippen LogP contribution in [0.1, 0.15) is 46.6 Å². The molecule has 0 heterocycles. The average molecular weight is 330 g/mol. The highest BCUT2D eigenvalue weighted by molar-refractivity contribution is 9.10. The fraction of sp³-hybridized carbons (Fsp3) is 0.600. The van der Waals surface area contributed by atoms with Gasteiger partial charge in [-0.25, -0.2) is 0 Å². The fourth-order valence-corrected chi connectivity index (χ4v) is 3.04. The average Bonchev–Trinajstić information content (AvgIpc) is 2.26. The minimum Gasteiger partial charge on any atom is -0.308 e. The predicted octanol–water partition coefficient (Wildman–Crippen LogP) is 5.23. The summed E-state index contributed by atoms with van der Waals surface area (Å²) in [6.45, 7) is 12.1. The lowest BCUT2D eigenvalue weighted by molar-refractivity contribution is 0.422. The molecule has 0 saturated heterocycles. The zero-order valence-corrected chi connectivity index (χ0v) is 14.4. The van der Waals surface area contributed by atoms with Crippen molar-refractivity contribution in [1.82, 2.24) is 5.32 Å². The highest BCUT2D eigenvalue weighted by Gasteiger charge is 2.12. The highest BCUT2D eigenvalue weighted by atomic mass is 79.9. The Hall–Kier alpha value is 0.01000. The molecule has 1 atom stereocenters. The largest absolute Gasteiger partial charge is 0.308 e. The van der Waals surface area contributed by atoms with Crippen LogP contribution in [-0.4, -0.2) is 10.8 Å². The third kappa shape index (κ3) is 5.77. The summed E-state index contributed by atoms with van der Waals surface area (Å²) in [4.78, 5) is 1.38. The van der Waals surface area contributed by atoms with E-state index < -0.39 is 0 Å². The van der Waals surface area contributed by atoms with Crippen LogP contribution in [0, 0.1) is 0 Å². The van der Waals surface area contributed by atoms with Gasteiger partial charge in [0.2, 0.25) is 0 Å². The van der Waals surface area contributed by atoms with Gasteiger partial charge in [0.05, 0.1) is 0 Å². The van der Waals surface area contributed by atoms with Crippen molar-refractivity contribution in [3.63, 3.8) is 0 Å². The minimum absolute atomic E-state index is 0.158. The maximum absolute atomic E-state index is 3.57. The molecule has 0 spiro atoms. The van der Waals surface area contributed by atoms with Gasteiger partial charge < -0.3 is 5.32 Å². The summed E-state index contributed by atoms with van der Waals surface area (Å²) in [5, 5.41) is 4.22. The lowest BCUT2D eigenvalue weighted by Gasteiger charge is -2.22. The molecule has 1 aromatic carbocycles. The van der Waals surface area contributed by atoms with Crippen molar-refractivity contribution in [2.24, 2.45) is 0 Å². The van der Waals surface area contributed by atoms with E-state index in [1.807, 2.05) is 11.8 Å². The first-order chi connectivity index (χ1) is 8.31. The molecule has 0 amide bonds. The first-order valence-electron chi connectivity index (χ1n) is 6.52. The van der Waals surface area contributed by atoms with Crippen molar-refractivity contribution >= 4 is 27.7 Å². The Kier molecular flexibility index (Phi) is 6.22.